The molecule has 152 valence electrons. The number of nitrogens with zero attached hydrogens (tertiary/aromatic N) is 3. The molecule has 7 nitrogen and oxygen atoms in total. The number of esters is 1. The molecule has 2 rings (SSSR count). The number of hydrogen-bond acceptors (Lipinski definition) is 5. The second-order valence-electron chi connectivity index (χ2n) is 8.80. The Balaban J connectivity index is 2.23. The zero-order valence-corrected chi connectivity index (χ0v) is 17.4. The molecule has 0 saturated heterocycles. The zero-order valence-electron chi connectivity index (χ0n) is 17.4. The van der Waals surface area contributed by atoms with Crippen LogP contribution >= 0.6 is 0 Å². The summed E-state index contributed by atoms with van der Waals surface area (Å²) in [4.78, 5) is 22.9. The highest BCUT2D eigenvalue weighted by atomic mass is 16.6. The maximum Gasteiger partial charge on any atom is 0.312 e. The lowest BCUT2D eigenvalue weighted by atomic mass is 9.84. The number of carbonyl (C=O) groups is 1. The first-order valence-corrected chi connectivity index (χ1v) is 9.51. The maximum absolute atomic E-state index is 12.5. The van der Waals surface area contributed by atoms with Gasteiger partial charge in [-0.3, -0.25) is 14.9 Å². The number of nitro groups is 1. The lowest BCUT2D eigenvalue weighted by Gasteiger charge is -2.22. The van der Waals surface area contributed by atoms with Crippen LogP contribution in [0.4, 0.5) is 5.69 Å². The highest BCUT2D eigenvalue weighted by Crippen LogP contribution is 2.28. The van der Waals surface area contributed by atoms with Crippen molar-refractivity contribution in [1.82, 2.24) is 9.78 Å². The normalized spacial score (nSPS) is 12.8. The van der Waals surface area contributed by atoms with Gasteiger partial charge in [-0.05, 0) is 35.8 Å². The second-order valence-corrected chi connectivity index (χ2v) is 8.80. The van der Waals surface area contributed by atoms with Crippen molar-refractivity contribution in [2.45, 2.75) is 60.3 Å². The summed E-state index contributed by atoms with van der Waals surface area (Å²) < 4.78 is 7.14. The quantitative estimate of drug-likeness (QED) is 0.367. The Morgan fingerprint density at radius 2 is 1.82 bits per heavy atom. The van der Waals surface area contributed by atoms with Crippen LogP contribution in [0.2, 0.25) is 0 Å². The molecule has 0 amide bonds. The van der Waals surface area contributed by atoms with Gasteiger partial charge in [0.15, 0.2) is 0 Å². The molecule has 0 bridgehead atoms. The number of hydrogen-bond donors (Lipinski definition) is 0. The van der Waals surface area contributed by atoms with Crippen LogP contribution in [0.25, 0.3) is 5.69 Å². The van der Waals surface area contributed by atoms with Crippen LogP contribution < -0.4 is 4.74 Å². The summed E-state index contributed by atoms with van der Waals surface area (Å²) in [5, 5.41) is 15.4. The molecule has 1 unspecified atom stereocenters. The van der Waals surface area contributed by atoms with Gasteiger partial charge in [0.1, 0.15) is 0 Å². The Morgan fingerprint density at radius 1 is 1.21 bits per heavy atom. The van der Waals surface area contributed by atoms with Crippen molar-refractivity contribution in [3.8, 4) is 11.6 Å². The van der Waals surface area contributed by atoms with E-state index < -0.39 is 4.92 Å². The summed E-state index contributed by atoms with van der Waals surface area (Å²) in [5.41, 5.74) is 1.52. The van der Waals surface area contributed by atoms with Crippen LogP contribution in [-0.2, 0) is 4.79 Å². The molecule has 0 N–H and O–H groups in total. The fourth-order valence-electron chi connectivity index (χ4n) is 3.20. The van der Waals surface area contributed by atoms with E-state index in [1.165, 1.54) is 16.8 Å². The number of nitro benzene ring substituents is 1. The predicted octanol–water partition coefficient (Wildman–Crippen LogP) is 5.27. The van der Waals surface area contributed by atoms with E-state index in [2.05, 4.69) is 25.9 Å². The second kappa shape index (κ2) is 8.54. The molecular formula is C21H29N3O4. The SMILES string of the molecule is CC(CC(=O)Oc1cc(C(C)C)nn1-c1ccc([N+](=O)[O-])cc1)CC(C)(C)C. The molecule has 0 spiro atoms. The lowest BCUT2D eigenvalue weighted by Crippen LogP contribution is -2.18. The van der Waals surface area contributed by atoms with Gasteiger partial charge in [-0.1, -0.05) is 41.5 Å². The van der Waals surface area contributed by atoms with Crippen molar-refractivity contribution >= 4 is 11.7 Å². The molecule has 1 heterocycles. The van der Waals surface area contributed by atoms with Crippen LogP contribution in [0, 0.1) is 21.4 Å². The monoisotopic (exact) mass is 387 g/mol. The molecule has 0 fully saturated rings. The highest BCUT2D eigenvalue weighted by Gasteiger charge is 2.21. The third kappa shape index (κ3) is 5.90. The van der Waals surface area contributed by atoms with E-state index in [0.29, 0.717) is 18.0 Å². The molecule has 1 aromatic heterocycles. The van der Waals surface area contributed by atoms with Gasteiger partial charge in [-0.15, -0.1) is 0 Å². The van der Waals surface area contributed by atoms with Gasteiger partial charge >= 0.3 is 5.97 Å². The molecule has 2 aromatic rings. The summed E-state index contributed by atoms with van der Waals surface area (Å²) in [5.74, 6) is 0.366. The van der Waals surface area contributed by atoms with Crippen molar-refractivity contribution < 1.29 is 14.5 Å². The van der Waals surface area contributed by atoms with E-state index in [1.54, 1.807) is 18.2 Å². The Morgan fingerprint density at radius 3 is 2.32 bits per heavy atom. The Bertz CT molecular complexity index is 832. The van der Waals surface area contributed by atoms with Crippen molar-refractivity contribution in [2.75, 3.05) is 0 Å². The summed E-state index contributed by atoms with van der Waals surface area (Å²) in [6.45, 7) is 12.5. The minimum atomic E-state index is -0.454. The van der Waals surface area contributed by atoms with Crippen LogP contribution in [0.15, 0.2) is 30.3 Å². The van der Waals surface area contributed by atoms with Crippen molar-refractivity contribution in [3.63, 3.8) is 0 Å². The van der Waals surface area contributed by atoms with Gasteiger partial charge in [0.05, 0.1) is 16.3 Å². The molecule has 0 aliphatic heterocycles. The first kappa shape index (κ1) is 21.6. The van der Waals surface area contributed by atoms with Gasteiger partial charge in [0.2, 0.25) is 5.88 Å². The first-order chi connectivity index (χ1) is 13.0. The molecular weight excluding hydrogens is 358 g/mol. The topological polar surface area (TPSA) is 87.3 Å². The standard InChI is InChI=1S/C21H29N3O4/c1-14(2)18-12-19(28-20(25)11-15(3)13-21(4,5)6)23(22-18)16-7-9-17(10-8-16)24(26)27/h7-10,12,14-15H,11,13H2,1-6H3. The average Bonchev–Trinajstić information content (AvgIpc) is 2.96. The van der Waals surface area contributed by atoms with Crippen molar-refractivity contribution in [2.24, 2.45) is 11.3 Å². The van der Waals surface area contributed by atoms with Gasteiger partial charge in [-0.25, -0.2) is 4.68 Å². The van der Waals surface area contributed by atoms with E-state index >= 15 is 0 Å². The molecule has 1 aromatic carbocycles. The summed E-state index contributed by atoms with van der Waals surface area (Å²) in [6, 6.07) is 7.74. The molecule has 7 heteroatoms. The number of carbonyl (C=O) groups excluding carboxylic acids is 1. The van der Waals surface area contributed by atoms with E-state index in [-0.39, 0.29) is 28.9 Å². The Hall–Kier alpha value is -2.70. The van der Waals surface area contributed by atoms with Crippen LogP contribution in [-0.4, -0.2) is 20.7 Å². The van der Waals surface area contributed by atoms with Crippen LogP contribution in [0.3, 0.4) is 0 Å². The summed E-state index contributed by atoms with van der Waals surface area (Å²) >= 11 is 0. The molecule has 0 radical (unpaired) electrons. The fraction of sp³-hybridized carbons (Fsp3) is 0.524. The number of benzene rings is 1. The van der Waals surface area contributed by atoms with E-state index in [1.807, 2.05) is 20.8 Å². The minimum absolute atomic E-state index is 0.00506. The predicted molar refractivity (Wildman–Crippen MR) is 108 cm³/mol. The van der Waals surface area contributed by atoms with Gasteiger partial charge in [0.25, 0.3) is 5.69 Å². The van der Waals surface area contributed by atoms with Gasteiger partial charge < -0.3 is 4.74 Å². The molecule has 1 atom stereocenters. The Kier molecular flexibility index (Phi) is 6.59. The summed E-state index contributed by atoms with van der Waals surface area (Å²) in [6.07, 6.45) is 1.24. The molecule has 0 aliphatic carbocycles. The third-order valence-electron chi connectivity index (χ3n) is 4.29. The molecule has 0 saturated carbocycles. The largest absolute Gasteiger partial charge is 0.407 e. The minimum Gasteiger partial charge on any atom is -0.407 e. The summed E-state index contributed by atoms with van der Waals surface area (Å²) in [7, 11) is 0. The number of ether oxygens (including phenoxy) is 1. The number of rotatable bonds is 7. The van der Waals surface area contributed by atoms with Crippen molar-refractivity contribution in [1.29, 1.82) is 0 Å². The lowest BCUT2D eigenvalue weighted by molar-refractivity contribution is -0.384. The van der Waals surface area contributed by atoms with Crippen molar-refractivity contribution in [3.05, 3.63) is 46.1 Å². The molecule has 28 heavy (non-hydrogen) atoms. The van der Waals surface area contributed by atoms with Crippen LogP contribution in [0.5, 0.6) is 5.88 Å². The number of aromatic nitrogens is 2. The van der Waals surface area contributed by atoms with Crippen LogP contribution in [0.1, 0.15) is 66.0 Å². The first-order valence-electron chi connectivity index (χ1n) is 9.51. The Labute approximate surface area is 165 Å². The van der Waals surface area contributed by atoms with Gasteiger partial charge in [0, 0.05) is 24.6 Å². The third-order valence-corrected chi connectivity index (χ3v) is 4.29. The maximum atomic E-state index is 12.5. The highest BCUT2D eigenvalue weighted by molar-refractivity contribution is 5.72. The fourth-order valence-corrected chi connectivity index (χ4v) is 3.20. The van der Waals surface area contributed by atoms with Gasteiger partial charge in [-0.2, -0.15) is 5.10 Å². The average molecular weight is 387 g/mol. The van der Waals surface area contributed by atoms with E-state index in [9.17, 15) is 14.9 Å². The number of non-ortho nitro benzene ring substituents is 1. The zero-order chi connectivity index (χ0) is 21.1. The smallest absolute Gasteiger partial charge is 0.312 e. The van der Waals surface area contributed by atoms with E-state index in [0.717, 1.165) is 12.1 Å². The molecule has 0 aliphatic rings. The van der Waals surface area contributed by atoms with E-state index in [4.69, 9.17) is 4.74 Å².